The second-order valence-electron chi connectivity index (χ2n) is 5.71. The van der Waals surface area contributed by atoms with Crippen LogP contribution in [0.1, 0.15) is 39.0 Å². The van der Waals surface area contributed by atoms with Crippen molar-refractivity contribution in [1.82, 2.24) is 14.1 Å². The first-order valence-corrected chi connectivity index (χ1v) is 7.70. The molecule has 2 rings (SSSR count). The van der Waals surface area contributed by atoms with Crippen LogP contribution >= 0.6 is 11.7 Å². The topological polar surface area (TPSA) is 67.3 Å². The molecule has 1 aliphatic carbocycles. The standard InChI is InChI=1S/C13H23N3O2S/c1-13(5-3-2-4-6-13)10-14-7-11(17)9-18-12-8-15-19-16-12/h8,11,14,17H,2-7,9-10H2,1H3. The maximum absolute atomic E-state index is 9.83. The van der Waals surface area contributed by atoms with Gasteiger partial charge in [-0.2, -0.15) is 4.37 Å². The van der Waals surface area contributed by atoms with E-state index in [9.17, 15) is 5.11 Å². The quantitative estimate of drug-likeness (QED) is 0.800. The number of nitrogens with one attached hydrogen (secondary N) is 1. The normalized spacial score (nSPS) is 20.1. The number of hydrogen-bond acceptors (Lipinski definition) is 6. The van der Waals surface area contributed by atoms with Crippen molar-refractivity contribution in [3.8, 4) is 5.88 Å². The van der Waals surface area contributed by atoms with E-state index in [2.05, 4.69) is 21.0 Å². The number of hydrogen-bond donors (Lipinski definition) is 2. The third-order valence-corrected chi connectivity index (χ3v) is 4.22. The fourth-order valence-corrected chi connectivity index (χ4v) is 2.95. The van der Waals surface area contributed by atoms with Crippen LogP contribution in [0.3, 0.4) is 0 Å². The largest absolute Gasteiger partial charge is 0.473 e. The van der Waals surface area contributed by atoms with Crippen molar-refractivity contribution < 1.29 is 9.84 Å². The van der Waals surface area contributed by atoms with E-state index >= 15 is 0 Å². The first-order valence-electron chi connectivity index (χ1n) is 6.97. The van der Waals surface area contributed by atoms with E-state index in [4.69, 9.17) is 4.74 Å². The van der Waals surface area contributed by atoms with Crippen molar-refractivity contribution in [1.29, 1.82) is 0 Å². The Morgan fingerprint density at radius 1 is 1.47 bits per heavy atom. The third kappa shape index (κ3) is 5.04. The van der Waals surface area contributed by atoms with Gasteiger partial charge < -0.3 is 15.2 Å². The molecule has 0 bridgehead atoms. The number of rotatable bonds is 7. The molecule has 0 aliphatic heterocycles. The minimum absolute atomic E-state index is 0.259. The molecular formula is C13H23N3O2S. The third-order valence-electron chi connectivity index (χ3n) is 3.76. The Morgan fingerprint density at radius 3 is 2.95 bits per heavy atom. The zero-order chi connectivity index (χ0) is 13.6. The van der Waals surface area contributed by atoms with E-state index in [0.29, 0.717) is 17.8 Å². The molecule has 0 aromatic carbocycles. The zero-order valence-corrected chi connectivity index (χ0v) is 12.3. The molecule has 1 unspecified atom stereocenters. The summed E-state index contributed by atoms with van der Waals surface area (Å²) in [6.45, 7) is 4.13. The second kappa shape index (κ2) is 7.17. The molecule has 1 aromatic heterocycles. The maximum Gasteiger partial charge on any atom is 0.245 e. The van der Waals surface area contributed by atoms with Crippen LogP contribution in [-0.2, 0) is 0 Å². The molecule has 0 spiro atoms. The predicted octanol–water partition coefficient (Wildman–Crippen LogP) is 1.84. The van der Waals surface area contributed by atoms with Crippen molar-refractivity contribution in [2.24, 2.45) is 5.41 Å². The predicted molar refractivity (Wildman–Crippen MR) is 75.5 cm³/mol. The van der Waals surface area contributed by atoms with Crippen molar-refractivity contribution in [3.05, 3.63) is 6.20 Å². The van der Waals surface area contributed by atoms with E-state index in [-0.39, 0.29) is 6.61 Å². The van der Waals surface area contributed by atoms with Crippen molar-refractivity contribution in [3.63, 3.8) is 0 Å². The highest BCUT2D eigenvalue weighted by Gasteiger charge is 2.26. The van der Waals surface area contributed by atoms with Gasteiger partial charge in [0.2, 0.25) is 5.88 Å². The van der Waals surface area contributed by atoms with Gasteiger partial charge in [-0.05, 0) is 18.3 Å². The summed E-state index contributed by atoms with van der Waals surface area (Å²) >= 11 is 1.11. The SMILES string of the molecule is CC1(CNCC(O)COc2cnsn2)CCCCC1. The molecule has 5 nitrogen and oxygen atoms in total. The molecule has 1 aromatic rings. The fraction of sp³-hybridized carbons (Fsp3) is 0.846. The highest BCUT2D eigenvalue weighted by atomic mass is 32.1. The van der Waals surface area contributed by atoms with Gasteiger partial charge in [0.05, 0.1) is 11.7 Å². The van der Waals surface area contributed by atoms with Crippen LogP contribution in [0.5, 0.6) is 5.88 Å². The number of nitrogens with zero attached hydrogens (tertiary/aromatic N) is 2. The lowest BCUT2D eigenvalue weighted by Crippen LogP contribution is -2.39. The number of aliphatic hydroxyl groups is 1. The van der Waals surface area contributed by atoms with Gasteiger partial charge in [0.1, 0.15) is 18.9 Å². The highest BCUT2D eigenvalue weighted by molar-refractivity contribution is 6.99. The average Bonchev–Trinajstić information content (AvgIpc) is 2.90. The lowest BCUT2D eigenvalue weighted by atomic mass is 9.76. The molecule has 1 aliphatic rings. The lowest BCUT2D eigenvalue weighted by Gasteiger charge is -2.34. The monoisotopic (exact) mass is 285 g/mol. The van der Waals surface area contributed by atoms with E-state index in [0.717, 1.165) is 18.3 Å². The summed E-state index contributed by atoms with van der Waals surface area (Å²) in [5.74, 6) is 0.489. The molecule has 1 atom stereocenters. The molecule has 0 saturated heterocycles. The van der Waals surface area contributed by atoms with Gasteiger partial charge in [0.25, 0.3) is 0 Å². The molecule has 6 heteroatoms. The fourth-order valence-electron chi connectivity index (χ4n) is 2.58. The molecule has 0 radical (unpaired) electrons. The van der Waals surface area contributed by atoms with Crippen molar-refractivity contribution >= 4 is 11.7 Å². The summed E-state index contributed by atoms with van der Waals surface area (Å²) in [5.41, 5.74) is 0.400. The minimum atomic E-state index is -0.506. The van der Waals surface area contributed by atoms with Gasteiger partial charge in [0.15, 0.2) is 0 Å². The van der Waals surface area contributed by atoms with Crippen LogP contribution in [0.2, 0.25) is 0 Å². The van der Waals surface area contributed by atoms with E-state index in [1.807, 2.05) is 0 Å². The van der Waals surface area contributed by atoms with Crippen LogP contribution < -0.4 is 10.1 Å². The Balaban J connectivity index is 1.59. The van der Waals surface area contributed by atoms with Gasteiger partial charge in [0, 0.05) is 13.1 Å². The van der Waals surface area contributed by atoms with Gasteiger partial charge in [-0.25, -0.2) is 0 Å². The average molecular weight is 285 g/mol. The summed E-state index contributed by atoms with van der Waals surface area (Å²) in [4.78, 5) is 0. The number of aromatic nitrogens is 2. The first-order chi connectivity index (χ1) is 9.18. The molecule has 19 heavy (non-hydrogen) atoms. The number of ether oxygens (including phenoxy) is 1. The van der Waals surface area contributed by atoms with Crippen LogP contribution in [0.4, 0.5) is 0 Å². The summed E-state index contributed by atoms with van der Waals surface area (Å²) < 4.78 is 13.1. The summed E-state index contributed by atoms with van der Waals surface area (Å²) in [6, 6.07) is 0. The summed E-state index contributed by atoms with van der Waals surface area (Å²) in [7, 11) is 0. The summed E-state index contributed by atoms with van der Waals surface area (Å²) in [6.07, 6.45) is 7.67. The van der Waals surface area contributed by atoms with Crippen LogP contribution in [-0.4, -0.2) is 39.7 Å². The smallest absolute Gasteiger partial charge is 0.245 e. The maximum atomic E-state index is 9.83. The molecule has 1 fully saturated rings. The number of aliphatic hydroxyl groups excluding tert-OH is 1. The molecule has 2 N–H and O–H groups in total. The van der Waals surface area contributed by atoms with Crippen molar-refractivity contribution in [2.45, 2.75) is 45.1 Å². The molecule has 1 saturated carbocycles. The van der Waals surface area contributed by atoms with Crippen LogP contribution in [0.15, 0.2) is 6.20 Å². The van der Waals surface area contributed by atoms with Crippen LogP contribution in [0.25, 0.3) is 0 Å². The molecule has 0 amide bonds. The Bertz CT molecular complexity index is 353. The Labute approximate surface area is 118 Å². The van der Waals surface area contributed by atoms with Gasteiger partial charge in [-0.3, -0.25) is 0 Å². The lowest BCUT2D eigenvalue weighted by molar-refractivity contribution is 0.0983. The Hall–Kier alpha value is -0.720. The minimum Gasteiger partial charge on any atom is -0.473 e. The zero-order valence-electron chi connectivity index (χ0n) is 11.5. The van der Waals surface area contributed by atoms with Crippen molar-refractivity contribution in [2.75, 3.05) is 19.7 Å². The molecular weight excluding hydrogens is 262 g/mol. The van der Waals surface area contributed by atoms with Gasteiger partial charge in [-0.15, -0.1) is 4.37 Å². The van der Waals surface area contributed by atoms with E-state index in [1.54, 1.807) is 6.20 Å². The Kier molecular flexibility index (Phi) is 5.54. The Morgan fingerprint density at radius 2 is 2.26 bits per heavy atom. The molecule has 108 valence electrons. The van der Waals surface area contributed by atoms with E-state index in [1.165, 1.54) is 32.1 Å². The van der Waals surface area contributed by atoms with Gasteiger partial charge in [-0.1, -0.05) is 26.2 Å². The van der Waals surface area contributed by atoms with E-state index < -0.39 is 6.10 Å². The first kappa shape index (κ1) is 14.7. The summed E-state index contributed by atoms with van der Waals surface area (Å²) in [5, 5.41) is 13.2. The highest BCUT2D eigenvalue weighted by Crippen LogP contribution is 2.34. The van der Waals surface area contributed by atoms with Gasteiger partial charge >= 0.3 is 0 Å². The molecule has 1 heterocycles. The second-order valence-corrected chi connectivity index (χ2v) is 6.27. The van der Waals surface area contributed by atoms with Crippen LogP contribution in [0, 0.1) is 5.41 Å².